The minimum absolute atomic E-state index is 0.194. The molecule has 106 valence electrons. The van der Waals surface area contributed by atoms with Gasteiger partial charge in [-0.2, -0.15) is 0 Å². The summed E-state index contributed by atoms with van der Waals surface area (Å²) < 4.78 is 18.8. The van der Waals surface area contributed by atoms with Gasteiger partial charge in [0.05, 0.1) is 0 Å². The van der Waals surface area contributed by atoms with Gasteiger partial charge in [-0.05, 0) is 36.8 Å². The van der Waals surface area contributed by atoms with Gasteiger partial charge in [-0.25, -0.2) is 4.39 Å². The second kappa shape index (κ2) is 6.73. The molecule has 2 aromatic rings. The molecule has 2 N–H and O–H groups in total. The molecule has 2 atom stereocenters. The third-order valence-electron chi connectivity index (χ3n) is 3.15. The maximum absolute atomic E-state index is 12.9. The quantitative estimate of drug-likeness (QED) is 0.890. The summed E-state index contributed by atoms with van der Waals surface area (Å²) in [5.74, 6) is 0.270. The van der Waals surface area contributed by atoms with E-state index in [9.17, 15) is 4.39 Å². The number of halogens is 2. The van der Waals surface area contributed by atoms with Gasteiger partial charge in [0, 0.05) is 16.6 Å². The van der Waals surface area contributed by atoms with Crippen LogP contribution in [0.1, 0.15) is 25.0 Å². The first-order valence-electron chi connectivity index (χ1n) is 6.54. The highest BCUT2D eigenvalue weighted by Gasteiger charge is 2.22. The topological polar surface area (TPSA) is 35.2 Å². The van der Waals surface area contributed by atoms with Crippen LogP contribution in [0.2, 0.25) is 5.02 Å². The first-order valence-corrected chi connectivity index (χ1v) is 6.92. The number of benzene rings is 2. The van der Waals surface area contributed by atoms with Crippen molar-refractivity contribution in [2.24, 2.45) is 5.73 Å². The van der Waals surface area contributed by atoms with E-state index in [-0.39, 0.29) is 18.0 Å². The van der Waals surface area contributed by atoms with Crippen LogP contribution < -0.4 is 10.5 Å². The van der Waals surface area contributed by atoms with Crippen molar-refractivity contribution >= 4 is 11.6 Å². The smallest absolute Gasteiger partial charge is 0.140 e. The largest absolute Gasteiger partial charge is 0.484 e. The summed E-state index contributed by atoms with van der Waals surface area (Å²) in [5, 5.41) is 0.614. The van der Waals surface area contributed by atoms with E-state index in [0.717, 1.165) is 12.0 Å². The Bertz CT molecular complexity index is 559. The Morgan fingerprint density at radius 3 is 2.40 bits per heavy atom. The molecule has 20 heavy (non-hydrogen) atoms. The van der Waals surface area contributed by atoms with Crippen LogP contribution in [0.5, 0.6) is 5.75 Å². The Morgan fingerprint density at radius 2 is 1.80 bits per heavy atom. The fourth-order valence-electron chi connectivity index (χ4n) is 1.96. The lowest BCUT2D eigenvalue weighted by Gasteiger charge is -2.25. The van der Waals surface area contributed by atoms with E-state index in [1.165, 1.54) is 12.1 Å². The van der Waals surface area contributed by atoms with Crippen molar-refractivity contribution in [1.82, 2.24) is 0 Å². The van der Waals surface area contributed by atoms with Crippen LogP contribution in [0.25, 0.3) is 0 Å². The molecule has 0 radical (unpaired) electrons. The molecule has 2 unspecified atom stereocenters. The summed E-state index contributed by atoms with van der Waals surface area (Å²) >= 11 is 6.22. The van der Waals surface area contributed by atoms with Crippen LogP contribution in [-0.4, -0.2) is 6.04 Å². The second-order valence-electron chi connectivity index (χ2n) is 4.59. The minimum atomic E-state index is -0.362. The van der Waals surface area contributed by atoms with Crippen LogP contribution in [0.4, 0.5) is 4.39 Å². The number of hydrogen-bond donors (Lipinski definition) is 1. The van der Waals surface area contributed by atoms with E-state index in [1.54, 1.807) is 18.2 Å². The molecule has 0 saturated carbocycles. The van der Waals surface area contributed by atoms with Crippen LogP contribution in [0, 0.1) is 5.82 Å². The van der Waals surface area contributed by atoms with Gasteiger partial charge in [-0.3, -0.25) is 0 Å². The van der Waals surface area contributed by atoms with Crippen LogP contribution in [0.3, 0.4) is 0 Å². The van der Waals surface area contributed by atoms with Crippen molar-refractivity contribution in [3.63, 3.8) is 0 Å². The Morgan fingerprint density at radius 1 is 1.15 bits per heavy atom. The third-order valence-corrected chi connectivity index (χ3v) is 3.49. The van der Waals surface area contributed by atoms with Crippen LogP contribution >= 0.6 is 11.6 Å². The fraction of sp³-hybridized carbons (Fsp3) is 0.250. The van der Waals surface area contributed by atoms with E-state index >= 15 is 0 Å². The predicted molar refractivity (Wildman–Crippen MR) is 79.5 cm³/mol. The fourth-order valence-corrected chi connectivity index (χ4v) is 2.20. The molecule has 0 aliphatic carbocycles. The van der Waals surface area contributed by atoms with Gasteiger partial charge in [0.25, 0.3) is 0 Å². The molecule has 0 aliphatic heterocycles. The van der Waals surface area contributed by atoms with Crippen molar-refractivity contribution in [3.05, 3.63) is 64.9 Å². The molecule has 0 aromatic heterocycles. The Kier molecular flexibility index (Phi) is 4.99. The maximum atomic E-state index is 12.9. The van der Waals surface area contributed by atoms with E-state index in [1.807, 2.05) is 25.1 Å². The molecule has 0 bridgehead atoms. The molecular formula is C16H17ClFNO. The van der Waals surface area contributed by atoms with E-state index in [2.05, 4.69) is 0 Å². The zero-order valence-electron chi connectivity index (χ0n) is 11.2. The Balaban J connectivity index is 2.29. The van der Waals surface area contributed by atoms with Crippen molar-refractivity contribution in [2.45, 2.75) is 25.5 Å². The average Bonchev–Trinajstić information content (AvgIpc) is 2.47. The highest BCUT2D eigenvalue weighted by Crippen LogP contribution is 2.30. The second-order valence-corrected chi connectivity index (χ2v) is 4.99. The Labute approximate surface area is 123 Å². The summed E-state index contributed by atoms with van der Waals surface area (Å²) in [5.41, 5.74) is 6.98. The summed E-state index contributed by atoms with van der Waals surface area (Å²) in [6.45, 7) is 1.99. The van der Waals surface area contributed by atoms with Gasteiger partial charge in [0.2, 0.25) is 0 Å². The SMILES string of the molecule is CCC(N)C(Oc1ccc(F)cc1)c1ccccc1Cl. The third kappa shape index (κ3) is 3.50. The maximum Gasteiger partial charge on any atom is 0.140 e. The molecule has 2 rings (SSSR count). The van der Waals surface area contributed by atoms with Gasteiger partial charge in [0.1, 0.15) is 17.7 Å². The standard InChI is InChI=1S/C16H17ClFNO/c1-2-15(19)16(13-5-3-4-6-14(13)17)20-12-9-7-11(18)8-10-12/h3-10,15-16H,2,19H2,1H3. The normalized spacial score (nSPS) is 13.8. The van der Waals surface area contributed by atoms with Crippen molar-refractivity contribution < 1.29 is 9.13 Å². The number of ether oxygens (including phenoxy) is 1. The van der Waals surface area contributed by atoms with E-state index in [0.29, 0.717) is 10.8 Å². The highest BCUT2D eigenvalue weighted by molar-refractivity contribution is 6.31. The first-order chi connectivity index (χ1) is 9.61. The minimum Gasteiger partial charge on any atom is -0.484 e. The lowest BCUT2D eigenvalue weighted by Crippen LogP contribution is -2.31. The lowest BCUT2D eigenvalue weighted by atomic mass is 10.0. The molecule has 0 spiro atoms. The Hall–Kier alpha value is -1.58. The molecule has 4 heteroatoms. The molecule has 0 heterocycles. The predicted octanol–water partition coefficient (Wildman–Crippen LogP) is 4.34. The summed E-state index contributed by atoms with van der Waals surface area (Å²) in [7, 11) is 0. The summed E-state index contributed by atoms with van der Waals surface area (Å²) in [6.07, 6.45) is 0.385. The molecule has 0 saturated heterocycles. The summed E-state index contributed by atoms with van der Waals surface area (Å²) in [6, 6.07) is 13.1. The van der Waals surface area contributed by atoms with Crippen molar-refractivity contribution in [3.8, 4) is 5.75 Å². The zero-order chi connectivity index (χ0) is 14.5. The highest BCUT2D eigenvalue weighted by atomic mass is 35.5. The monoisotopic (exact) mass is 293 g/mol. The van der Waals surface area contributed by atoms with E-state index in [4.69, 9.17) is 22.1 Å². The van der Waals surface area contributed by atoms with Gasteiger partial charge in [-0.1, -0.05) is 36.7 Å². The van der Waals surface area contributed by atoms with Gasteiger partial charge < -0.3 is 10.5 Å². The molecule has 0 amide bonds. The number of rotatable bonds is 5. The number of hydrogen-bond acceptors (Lipinski definition) is 2. The lowest BCUT2D eigenvalue weighted by molar-refractivity contribution is 0.171. The van der Waals surface area contributed by atoms with Crippen LogP contribution in [-0.2, 0) is 0 Å². The van der Waals surface area contributed by atoms with Gasteiger partial charge in [0.15, 0.2) is 0 Å². The summed E-state index contributed by atoms with van der Waals surface area (Å²) in [4.78, 5) is 0. The van der Waals surface area contributed by atoms with Gasteiger partial charge >= 0.3 is 0 Å². The molecular weight excluding hydrogens is 277 g/mol. The molecule has 2 nitrogen and oxygen atoms in total. The zero-order valence-corrected chi connectivity index (χ0v) is 12.0. The van der Waals surface area contributed by atoms with Crippen molar-refractivity contribution in [2.75, 3.05) is 0 Å². The first kappa shape index (κ1) is 14.8. The average molecular weight is 294 g/mol. The van der Waals surface area contributed by atoms with Gasteiger partial charge in [-0.15, -0.1) is 0 Å². The molecule has 0 aliphatic rings. The van der Waals surface area contributed by atoms with E-state index < -0.39 is 0 Å². The number of nitrogens with two attached hydrogens (primary N) is 1. The molecule has 2 aromatic carbocycles. The van der Waals surface area contributed by atoms with Crippen LogP contribution in [0.15, 0.2) is 48.5 Å². The molecule has 0 fully saturated rings. The van der Waals surface area contributed by atoms with Crippen molar-refractivity contribution in [1.29, 1.82) is 0 Å².